The molecule has 1 saturated heterocycles. The molecule has 1 atom stereocenters. The van der Waals surface area contributed by atoms with Crippen molar-refractivity contribution in [1.29, 1.82) is 0 Å². The monoisotopic (exact) mass is 413 g/mol. The Kier molecular flexibility index (Phi) is 6.78. The quantitative estimate of drug-likeness (QED) is 0.638. The van der Waals surface area contributed by atoms with Crippen molar-refractivity contribution in [3.05, 3.63) is 89.2 Å². The van der Waals surface area contributed by atoms with Gasteiger partial charge < -0.3 is 5.32 Å². The van der Waals surface area contributed by atoms with E-state index in [0.717, 1.165) is 38.2 Å². The molecule has 1 aromatic heterocycles. The maximum Gasteiger partial charge on any atom is 0.226 e. The van der Waals surface area contributed by atoms with Crippen LogP contribution in [-0.2, 0) is 17.8 Å². The first kappa shape index (κ1) is 21.3. The van der Waals surface area contributed by atoms with Crippen molar-refractivity contribution in [3.8, 4) is 11.1 Å². The topological polar surface area (TPSA) is 45.2 Å². The lowest BCUT2D eigenvalue weighted by atomic mass is 9.99. The molecule has 3 aromatic rings. The number of carbonyl (C=O) groups is 1. The van der Waals surface area contributed by atoms with Gasteiger partial charge in [-0.05, 0) is 62.1 Å². The van der Waals surface area contributed by atoms with E-state index in [1.54, 1.807) is 6.20 Å². The summed E-state index contributed by atoms with van der Waals surface area (Å²) in [6.07, 6.45) is 4.22. The summed E-state index contributed by atoms with van der Waals surface area (Å²) >= 11 is 0. The SMILES string of the molecule is Cc1cc(C)cc(-c2ccc(CN3CCCC(NC(=O)Cc4ccccn4)C3)cc2)c1. The van der Waals surface area contributed by atoms with Crippen LogP contribution in [0, 0.1) is 13.8 Å². The molecule has 4 rings (SSSR count). The van der Waals surface area contributed by atoms with Crippen LogP contribution in [0.4, 0.5) is 0 Å². The van der Waals surface area contributed by atoms with Crippen LogP contribution >= 0.6 is 0 Å². The molecule has 1 fully saturated rings. The minimum Gasteiger partial charge on any atom is -0.352 e. The summed E-state index contributed by atoms with van der Waals surface area (Å²) in [6.45, 7) is 7.18. The lowest BCUT2D eigenvalue weighted by molar-refractivity contribution is -0.121. The fraction of sp³-hybridized carbons (Fsp3) is 0.333. The second-order valence-electron chi connectivity index (χ2n) is 8.71. The Balaban J connectivity index is 1.32. The van der Waals surface area contributed by atoms with E-state index in [2.05, 4.69) is 71.5 Å². The number of nitrogens with zero attached hydrogens (tertiary/aromatic N) is 2. The number of pyridine rings is 1. The highest BCUT2D eigenvalue weighted by Crippen LogP contribution is 2.23. The van der Waals surface area contributed by atoms with Crippen LogP contribution in [-0.4, -0.2) is 34.9 Å². The third kappa shape index (κ3) is 6.02. The number of likely N-dealkylation sites (tertiary alicyclic amines) is 1. The number of rotatable bonds is 6. The Labute approximate surface area is 185 Å². The van der Waals surface area contributed by atoms with Gasteiger partial charge in [-0.1, -0.05) is 59.7 Å². The normalized spacial score (nSPS) is 16.8. The number of benzene rings is 2. The van der Waals surface area contributed by atoms with Crippen molar-refractivity contribution in [2.75, 3.05) is 13.1 Å². The molecular weight excluding hydrogens is 382 g/mol. The Bertz CT molecular complexity index is 994. The Morgan fingerprint density at radius 2 is 1.81 bits per heavy atom. The standard InChI is InChI=1S/C27H31N3O/c1-20-14-21(2)16-24(15-20)23-10-8-22(9-11-23)18-30-13-5-7-26(19-30)29-27(31)17-25-6-3-4-12-28-25/h3-4,6,8-12,14-16,26H,5,7,13,17-19H2,1-2H3,(H,29,31). The zero-order chi connectivity index (χ0) is 21.6. The number of carbonyl (C=O) groups excluding carboxylic acids is 1. The van der Waals surface area contributed by atoms with Crippen LogP contribution in [0.3, 0.4) is 0 Å². The molecule has 0 spiro atoms. The summed E-state index contributed by atoms with van der Waals surface area (Å²) in [6, 6.07) is 21.5. The molecule has 4 heteroatoms. The van der Waals surface area contributed by atoms with E-state index < -0.39 is 0 Å². The number of amides is 1. The smallest absolute Gasteiger partial charge is 0.226 e. The van der Waals surface area contributed by atoms with Crippen molar-refractivity contribution < 1.29 is 4.79 Å². The van der Waals surface area contributed by atoms with Crippen LogP contribution in [0.2, 0.25) is 0 Å². The highest BCUT2D eigenvalue weighted by Gasteiger charge is 2.21. The molecule has 31 heavy (non-hydrogen) atoms. The van der Waals surface area contributed by atoms with E-state index in [1.807, 2.05) is 18.2 Å². The maximum atomic E-state index is 12.4. The fourth-order valence-corrected chi connectivity index (χ4v) is 4.47. The number of aryl methyl sites for hydroxylation is 2. The van der Waals surface area contributed by atoms with E-state index >= 15 is 0 Å². The molecule has 1 amide bonds. The number of nitrogens with one attached hydrogen (secondary N) is 1. The van der Waals surface area contributed by atoms with Crippen molar-refractivity contribution >= 4 is 5.91 Å². The highest BCUT2D eigenvalue weighted by atomic mass is 16.1. The lowest BCUT2D eigenvalue weighted by Gasteiger charge is -2.33. The molecule has 1 aliphatic rings. The van der Waals surface area contributed by atoms with Gasteiger partial charge in [-0.2, -0.15) is 0 Å². The third-order valence-corrected chi connectivity index (χ3v) is 5.85. The minimum absolute atomic E-state index is 0.0587. The van der Waals surface area contributed by atoms with Gasteiger partial charge in [-0.25, -0.2) is 0 Å². The van der Waals surface area contributed by atoms with Gasteiger partial charge >= 0.3 is 0 Å². The molecule has 2 aromatic carbocycles. The van der Waals surface area contributed by atoms with E-state index in [9.17, 15) is 4.79 Å². The van der Waals surface area contributed by atoms with Crippen molar-refractivity contribution in [1.82, 2.24) is 15.2 Å². The summed E-state index contributed by atoms with van der Waals surface area (Å²) in [7, 11) is 0. The first-order valence-electron chi connectivity index (χ1n) is 11.1. The Morgan fingerprint density at radius 3 is 2.52 bits per heavy atom. The van der Waals surface area contributed by atoms with E-state index in [4.69, 9.17) is 0 Å². The molecule has 4 nitrogen and oxygen atoms in total. The van der Waals surface area contributed by atoms with Gasteiger partial charge in [-0.15, -0.1) is 0 Å². The van der Waals surface area contributed by atoms with Crippen molar-refractivity contribution in [2.24, 2.45) is 0 Å². The summed E-state index contributed by atoms with van der Waals surface area (Å²) in [5, 5.41) is 3.20. The molecule has 1 unspecified atom stereocenters. The van der Waals surface area contributed by atoms with Gasteiger partial charge in [0.2, 0.25) is 5.91 Å². The second-order valence-corrected chi connectivity index (χ2v) is 8.71. The van der Waals surface area contributed by atoms with Crippen LogP contribution < -0.4 is 5.32 Å². The molecule has 0 aliphatic carbocycles. The largest absolute Gasteiger partial charge is 0.352 e. The van der Waals surface area contributed by atoms with E-state index in [0.29, 0.717) is 6.42 Å². The van der Waals surface area contributed by atoms with Gasteiger partial charge in [0.1, 0.15) is 0 Å². The molecule has 0 saturated carbocycles. The molecule has 0 radical (unpaired) electrons. The summed E-state index contributed by atoms with van der Waals surface area (Å²) in [5.74, 6) is 0.0587. The fourth-order valence-electron chi connectivity index (χ4n) is 4.47. The number of hydrogen-bond acceptors (Lipinski definition) is 3. The molecule has 1 N–H and O–H groups in total. The van der Waals surface area contributed by atoms with Crippen molar-refractivity contribution in [3.63, 3.8) is 0 Å². The number of hydrogen-bond donors (Lipinski definition) is 1. The summed E-state index contributed by atoms with van der Waals surface area (Å²) < 4.78 is 0. The molecule has 2 heterocycles. The van der Waals surface area contributed by atoms with Gasteiger partial charge in [0.25, 0.3) is 0 Å². The average molecular weight is 414 g/mol. The Hall–Kier alpha value is -2.98. The first-order valence-corrected chi connectivity index (χ1v) is 11.1. The predicted molar refractivity (Wildman–Crippen MR) is 126 cm³/mol. The van der Waals surface area contributed by atoms with E-state index in [-0.39, 0.29) is 11.9 Å². The molecule has 160 valence electrons. The summed E-state index contributed by atoms with van der Waals surface area (Å²) in [4.78, 5) is 19.1. The van der Waals surface area contributed by atoms with E-state index in [1.165, 1.54) is 27.8 Å². The van der Waals surface area contributed by atoms with Crippen molar-refractivity contribution in [2.45, 2.75) is 45.7 Å². The number of piperidine rings is 1. The maximum absolute atomic E-state index is 12.4. The van der Waals surface area contributed by atoms with Crippen LogP contribution in [0.25, 0.3) is 11.1 Å². The van der Waals surface area contributed by atoms with Crippen LogP contribution in [0.5, 0.6) is 0 Å². The average Bonchev–Trinajstić information content (AvgIpc) is 2.74. The zero-order valence-electron chi connectivity index (χ0n) is 18.5. The van der Waals surface area contributed by atoms with Crippen LogP contribution in [0.1, 0.15) is 35.2 Å². The summed E-state index contributed by atoms with van der Waals surface area (Å²) in [5.41, 5.74) is 7.25. The first-order chi connectivity index (χ1) is 15.0. The molecule has 0 bridgehead atoms. The number of aromatic nitrogens is 1. The zero-order valence-corrected chi connectivity index (χ0v) is 18.5. The van der Waals surface area contributed by atoms with Crippen LogP contribution in [0.15, 0.2) is 66.9 Å². The van der Waals surface area contributed by atoms with Gasteiger partial charge in [0.05, 0.1) is 6.42 Å². The van der Waals surface area contributed by atoms with Gasteiger partial charge in [0, 0.05) is 31.0 Å². The lowest BCUT2D eigenvalue weighted by Crippen LogP contribution is -2.47. The molecule has 1 aliphatic heterocycles. The highest BCUT2D eigenvalue weighted by molar-refractivity contribution is 5.78. The Morgan fingerprint density at radius 1 is 1.03 bits per heavy atom. The van der Waals surface area contributed by atoms with Gasteiger partial charge in [-0.3, -0.25) is 14.7 Å². The molecular formula is C27H31N3O. The predicted octanol–water partition coefficient (Wildman–Crippen LogP) is 4.69. The second kappa shape index (κ2) is 9.88. The third-order valence-electron chi connectivity index (χ3n) is 5.85. The van der Waals surface area contributed by atoms with Gasteiger partial charge in [0.15, 0.2) is 0 Å². The minimum atomic E-state index is 0.0587.